The number of hydrazone groups is 1. The van der Waals surface area contributed by atoms with E-state index < -0.39 is 5.91 Å². The maximum atomic E-state index is 12.3. The van der Waals surface area contributed by atoms with Gasteiger partial charge in [0.15, 0.2) is 11.5 Å². The second-order valence-corrected chi connectivity index (χ2v) is 6.90. The first-order chi connectivity index (χ1) is 15.0. The second kappa shape index (κ2) is 10.2. The number of hydrogen-bond acceptors (Lipinski definition) is 5. The van der Waals surface area contributed by atoms with Gasteiger partial charge in [-0.25, -0.2) is 5.43 Å². The molecular weight excluding hydrogens is 394 g/mol. The summed E-state index contributed by atoms with van der Waals surface area (Å²) in [5, 5.41) is 3.95. The number of amides is 1. The molecule has 0 radical (unpaired) electrons. The lowest BCUT2D eigenvalue weighted by Gasteiger charge is -2.11. The van der Waals surface area contributed by atoms with Crippen molar-refractivity contribution in [1.82, 2.24) is 9.99 Å². The van der Waals surface area contributed by atoms with Crippen molar-refractivity contribution in [3.63, 3.8) is 0 Å². The van der Waals surface area contributed by atoms with Gasteiger partial charge in [-0.15, -0.1) is 0 Å². The number of hydrogen-bond donors (Lipinski definition) is 1. The molecule has 2 aromatic carbocycles. The minimum atomic E-state index is -0.561. The Labute approximate surface area is 180 Å². The Morgan fingerprint density at radius 1 is 1.13 bits per heavy atom. The standard InChI is InChI=1S/C24H25N3O4/c1-4-27-13-5-6-20(24(27)29)23(28)26-25-15-19-11-12-21(22(14-19)30-3)31-16-18-9-7-17(2)8-10-18/h5-15H,4,16H2,1-3H3,(H,26,28)/b25-15-. The van der Waals surface area contributed by atoms with Gasteiger partial charge in [-0.05, 0) is 55.3 Å². The van der Waals surface area contributed by atoms with E-state index in [1.165, 1.54) is 22.4 Å². The zero-order valence-corrected chi connectivity index (χ0v) is 17.8. The molecule has 1 heterocycles. The molecular formula is C24H25N3O4. The van der Waals surface area contributed by atoms with Crippen LogP contribution in [0.2, 0.25) is 0 Å². The van der Waals surface area contributed by atoms with Crippen LogP contribution in [0.3, 0.4) is 0 Å². The van der Waals surface area contributed by atoms with E-state index in [1.54, 1.807) is 37.6 Å². The minimum Gasteiger partial charge on any atom is -0.493 e. The predicted octanol–water partition coefficient (Wildman–Crippen LogP) is 3.53. The fraction of sp³-hybridized carbons (Fsp3) is 0.208. The summed E-state index contributed by atoms with van der Waals surface area (Å²) in [5.74, 6) is 0.596. The van der Waals surface area contributed by atoms with E-state index >= 15 is 0 Å². The van der Waals surface area contributed by atoms with Crippen LogP contribution in [0.4, 0.5) is 0 Å². The van der Waals surface area contributed by atoms with Gasteiger partial charge < -0.3 is 14.0 Å². The van der Waals surface area contributed by atoms with Gasteiger partial charge in [0.1, 0.15) is 12.2 Å². The van der Waals surface area contributed by atoms with Crippen LogP contribution in [-0.4, -0.2) is 23.8 Å². The van der Waals surface area contributed by atoms with Gasteiger partial charge in [0.2, 0.25) is 0 Å². The van der Waals surface area contributed by atoms with Crippen LogP contribution >= 0.6 is 0 Å². The molecule has 0 aliphatic heterocycles. The molecule has 1 amide bonds. The van der Waals surface area contributed by atoms with Crippen molar-refractivity contribution < 1.29 is 14.3 Å². The summed E-state index contributed by atoms with van der Waals surface area (Å²) < 4.78 is 12.7. The van der Waals surface area contributed by atoms with Crippen molar-refractivity contribution in [2.24, 2.45) is 5.10 Å². The molecule has 0 saturated heterocycles. The Morgan fingerprint density at radius 3 is 2.61 bits per heavy atom. The van der Waals surface area contributed by atoms with E-state index in [1.807, 2.05) is 38.1 Å². The number of benzene rings is 2. The molecule has 0 atom stereocenters. The van der Waals surface area contributed by atoms with Crippen molar-refractivity contribution in [1.29, 1.82) is 0 Å². The van der Waals surface area contributed by atoms with E-state index in [4.69, 9.17) is 9.47 Å². The minimum absolute atomic E-state index is 0.0407. The third-order valence-electron chi connectivity index (χ3n) is 4.69. The van der Waals surface area contributed by atoms with Gasteiger partial charge in [0.25, 0.3) is 11.5 Å². The molecule has 160 valence electrons. The summed E-state index contributed by atoms with van der Waals surface area (Å²) in [7, 11) is 1.56. The molecule has 0 aliphatic rings. The number of aryl methyl sites for hydroxylation is 2. The van der Waals surface area contributed by atoms with Crippen molar-refractivity contribution in [2.45, 2.75) is 27.0 Å². The molecule has 3 rings (SSSR count). The Bertz CT molecular complexity index is 1130. The molecule has 1 N–H and O–H groups in total. The van der Waals surface area contributed by atoms with Crippen LogP contribution < -0.4 is 20.5 Å². The maximum absolute atomic E-state index is 12.3. The molecule has 3 aromatic rings. The number of nitrogens with one attached hydrogen (secondary N) is 1. The van der Waals surface area contributed by atoms with Gasteiger partial charge in [0, 0.05) is 12.7 Å². The van der Waals surface area contributed by atoms with Gasteiger partial charge in [0.05, 0.1) is 13.3 Å². The van der Waals surface area contributed by atoms with E-state index in [9.17, 15) is 9.59 Å². The molecule has 0 spiro atoms. The largest absolute Gasteiger partial charge is 0.493 e. The van der Waals surface area contributed by atoms with Crippen LogP contribution in [0.5, 0.6) is 11.5 Å². The SMILES string of the molecule is CCn1cccc(C(=O)N/N=C\c2ccc(OCc3ccc(C)cc3)c(OC)c2)c1=O. The molecule has 7 heteroatoms. The van der Waals surface area contributed by atoms with Crippen molar-refractivity contribution >= 4 is 12.1 Å². The van der Waals surface area contributed by atoms with E-state index in [0.29, 0.717) is 30.2 Å². The summed E-state index contributed by atoms with van der Waals surface area (Å²) >= 11 is 0. The highest BCUT2D eigenvalue weighted by Crippen LogP contribution is 2.28. The number of methoxy groups -OCH3 is 1. The van der Waals surface area contributed by atoms with E-state index in [-0.39, 0.29) is 11.1 Å². The Kier molecular flexibility index (Phi) is 7.22. The highest BCUT2D eigenvalue weighted by Gasteiger charge is 2.11. The molecule has 0 bridgehead atoms. The average Bonchev–Trinajstić information content (AvgIpc) is 2.79. The van der Waals surface area contributed by atoms with Gasteiger partial charge >= 0.3 is 0 Å². The first kappa shape index (κ1) is 21.8. The monoisotopic (exact) mass is 419 g/mol. The molecule has 31 heavy (non-hydrogen) atoms. The van der Waals surface area contributed by atoms with Crippen LogP contribution in [0.25, 0.3) is 0 Å². The lowest BCUT2D eigenvalue weighted by molar-refractivity contribution is 0.0953. The number of carbonyl (C=O) groups is 1. The topological polar surface area (TPSA) is 81.9 Å². The normalized spacial score (nSPS) is 10.8. The van der Waals surface area contributed by atoms with E-state index in [2.05, 4.69) is 10.5 Å². The Hall–Kier alpha value is -3.87. The predicted molar refractivity (Wildman–Crippen MR) is 120 cm³/mol. The molecule has 1 aromatic heterocycles. The van der Waals surface area contributed by atoms with Crippen molar-refractivity contribution in [3.8, 4) is 11.5 Å². The summed E-state index contributed by atoms with van der Waals surface area (Å²) in [6, 6.07) is 16.6. The summed E-state index contributed by atoms with van der Waals surface area (Å²) in [6.45, 7) is 4.79. The zero-order valence-electron chi connectivity index (χ0n) is 17.8. The van der Waals surface area contributed by atoms with Crippen LogP contribution in [0.15, 0.2) is 70.7 Å². The molecule has 7 nitrogen and oxygen atoms in total. The fourth-order valence-electron chi connectivity index (χ4n) is 2.91. The number of carbonyl (C=O) groups excluding carboxylic acids is 1. The fourth-order valence-corrected chi connectivity index (χ4v) is 2.91. The third-order valence-corrected chi connectivity index (χ3v) is 4.69. The van der Waals surface area contributed by atoms with E-state index in [0.717, 1.165) is 5.56 Å². The third kappa shape index (κ3) is 5.60. The van der Waals surface area contributed by atoms with Crippen LogP contribution in [0, 0.1) is 6.92 Å². The smallest absolute Gasteiger partial charge is 0.276 e. The van der Waals surface area contributed by atoms with Gasteiger partial charge in [-0.2, -0.15) is 5.10 Å². The summed E-state index contributed by atoms with van der Waals surface area (Å²) in [5.41, 5.74) is 5.04. The number of aromatic nitrogens is 1. The van der Waals surface area contributed by atoms with Gasteiger partial charge in [-0.3, -0.25) is 9.59 Å². The first-order valence-electron chi connectivity index (χ1n) is 9.91. The quantitative estimate of drug-likeness (QED) is 0.447. The molecule has 0 fully saturated rings. The number of pyridine rings is 1. The number of ether oxygens (including phenoxy) is 2. The molecule has 0 aliphatic carbocycles. The average molecular weight is 419 g/mol. The Morgan fingerprint density at radius 2 is 1.90 bits per heavy atom. The molecule has 0 saturated carbocycles. The van der Waals surface area contributed by atoms with Crippen molar-refractivity contribution in [2.75, 3.05) is 7.11 Å². The maximum Gasteiger partial charge on any atom is 0.276 e. The lowest BCUT2D eigenvalue weighted by Crippen LogP contribution is -2.30. The summed E-state index contributed by atoms with van der Waals surface area (Å²) in [4.78, 5) is 24.5. The first-order valence-corrected chi connectivity index (χ1v) is 9.91. The Balaban J connectivity index is 1.65. The second-order valence-electron chi connectivity index (χ2n) is 6.90. The van der Waals surface area contributed by atoms with Crippen LogP contribution in [-0.2, 0) is 13.2 Å². The van der Waals surface area contributed by atoms with Crippen molar-refractivity contribution in [3.05, 3.63) is 93.4 Å². The molecule has 0 unspecified atom stereocenters. The van der Waals surface area contributed by atoms with Crippen LogP contribution in [0.1, 0.15) is 34.0 Å². The highest BCUT2D eigenvalue weighted by molar-refractivity contribution is 5.94. The number of nitrogens with zero attached hydrogens (tertiary/aromatic N) is 2. The lowest BCUT2D eigenvalue weighted by atomic mass is 10.2. The number of rotatable bonds is 8. The van der Waals surface area contributed by atoms with Gasteiger partial charge in [-0.1, -0.05) is 29.8 Å². The summed E-state index contributed by atoms with van der Waals surface area (Å²) in [6.07, 6.45) is 3.11. The highest BCUT2D eigenvalue weighted by atomic mass is 16.5. The zero-order chi connectivity index (χ0) is 22.2.